The van der Waals surface area contributed by atoms with E-state index in [0.717, 1.165) is 29.3 Å². The highest BCUT2D eigenvalue weighted by Gasteiger charge is 2.08. The molecule has 2 aromatic rings. The molecule has 1 N–H and O–H groups in total. The lowest BCUT2D eigenvalue weighted by molar-refractivity contribution is 0.829. The van der Waals surface area contributed by atoms with Gasteiger partial charge in [0.1, 0.15) is 12.1 Å². The van der Waals surface area contributed by atoms with Gasteiger partial charge in [0.15, 0.2) is 5.82 Å². The first kappa shape index (κ1) is 10.6. The fourth-order valence-corrected chi connectivity index (χ4v) is 1.55. The monoisotopic (exact) mass is 217 g/mol. The van der Waals surface area contributed by atoms with Crippen molar-refractivity contribution in [2.75, 3.05) is 11.9 Å². The molecule has 84 valence electrons. The van der Waals surface area contributed by atoms with Crippen LogP contribution in [-0.2, 0) is 0 Å². The van der Waals surface area contributed by atoms with Crippen LogP contribution in [0.2, 0.25) is 0 Å². The first-order valence-electron chi connectivity index (χ1n) is 5.29. The van der Waals surface area contributed by atoms with Gasteiger partial charge in [-0.2, -0.15) is 5.10 Å². The molecule has 0 fully saturated rings. The van der Waals surface area contributed by atoms with Crippen molar-refractivity contribution in [1.29, 1.82) is 0 Å². The smallest absolute Gasteiger partial charge is 0.161 e. The van der Waals surface area contributed by atoms with Crippen molar-refractivity contribution >= 4 is 5.82 Å². The lowest BCUT2D eigenvalue weighted by atomic mass is 10.3. The maximum Gasteiger partial charge on any atom is 0.161 e. The van der Waals surface area contributed by atoms with Gasteiger partial charge in [0.05, 0.1) is 6.20 Å². The molecule has 5 heteroatoms. The summed E-state index contributed by atoms with van der Waals surface area (Å²) in [5.74, 6) is 1.68. The zero-order valence-electron chi connectivity index (χ0n) is 9.73. The van der Waals surface area contributed by atoms with Gasteiger partial charge in [-0.25, -0.2) is 14.6 Å². The quantitative estimate of drug-likeness (QED) is 0.850. The second-order valence-electron chi connectivity index (χ2n) is 3.66. The highest BCUT2D eigenvalue weighted by molar-refractivity contribution is 5.50. The molecule has 2 rings (SSSR count). The molecule has 0 aliphatic rings. The third-order valence-corrected chi connectivity index (χ3v) is 2.33. The van der Waals surface area contributed by atoms with Crippen LogP contribution >= 0.6 is 0 Å². The van der Waals surface area contributed by atoms with Crippen molar-refractivity contribution in [3.63, 3.8) is 0 Å². The fraction of sp³-hybridized carbons (Fsp3) is 0.364. The Bertz CT molecular complexity index is 489. The molecule has 0 spiro atoms. The Hall–Kier alpha value is -1.91. The summed E-state index contributed by atoms with van der Waals surface area (Å²) < 4.78 is 1.77. The van der Waals surface area contributed by atoms with Crippen LogP contribution < -0.4 is 5.32 Å². The number of aryl methyl sites for hydroxylation is 1. The molecule has 2 aromatic heterocycles. The van der Waals surface area contributed by atoms with E-state index in [9.17, 15) is 0 Å². The summed E-state index contributed by atoms with van der Waals surface area (Å²) in [6, 6.07) is 0. The lowest BCUT2D eigenvalue weighted by Crippen LogP contribution is -2.07. The fourth-order valence-electron chi connectivity index (χ4n) is 1.55. The third kappa shape index (κ3) is 1.88. The predicted molar refractivity (Wildman–Crippen MR) is 62.8 cm³/mol. The molecule has 16 heavy (non-hydrogen) atoms. The van der Waals surface area contributed by atoms with E-state index < -0.39 is 0 Å². The lowest BCUT2D eigenvalue weighted by Gasteiger charge is -2.09. The molecule has 0 bridgehead atoms. The van der Waals surface area contributed by atoms with E-state index in [1.165, 1.54) is 0 Å². The van der Waals surface area contributed by atoms with Gasteiger partial charge in [-0.3, -0.25) is 0 Å². The molecule has 0 saturated carbocycles. The van der Waals surface area contributed by atoms with Crippen LogP contribution in [0.5, 0.6) is 0 Å². The number of rotatable bonds is 3. The largest absolute Gasteiger partial charge is 0.370 e. The number of hydrogen-bond donors (Lipinski definition) is 1. The summed E-state index contributed by atoms with van der Waals surface area (Å²) in [6.45, 7) is 6.88. The van der Waals surface area contributed by atoms with Crippen LogP contribution in [0.25, 0.3) is 5.82 Å². The van der Waals surface area contributed by atoms with E-state index >= 15 is 0 Å². The summed E-state index contributed by atoms with van der Waals surface area (Å²) in [6.07, 6.45) is 5.32. The maximum atomic E-state index is 4.25. The minimum atomic E-state index is 0.819. The van der Waals surface area contributed by atoms with Crippen LogP contribution in [0.3, 0.4) is 0 Å². The van der Waals surface area contributed by atoms with Crippen molar-refractivity contribution in [1.82, 2.24) is 19.7 Å². The van der Waals surface area contributed by atoms with E-state index in [2.05, 4.69) is 20.4 Å². The van der Waals surface area contributed by atoms with Gasteiger partial charge in [0.2, 0.25) is 0 Å². The normalized spacial score (nSPS) is 10.4. The SMILES string of the molecule is CCNc1ncnc(-n2cc(C)cn2)c1C. The van der Waals surface area contributed by atoms with Crippen LogP contribution in [0.4, 0.5) is 5.82 Å². The Morgan fingerprint density at radius 1 is 1.31 bits per heavy atom. The van der Waals surface area contributed by atoms with E-state index in [-0.39, 0.29) is 0 Å². The second kappa shape index (κ2) is 4.30. The van der Waals surface area contributed by atoms with Crippen molar-refractivity contribution in [3.8, 4) is 5.82 Å². The van der Waals surface area contributed by atoms with Crippen molar-refractivity contribution in [2.45, 2.75) is 20.8 Å². The molecule has 0 amide bonds. The summed E-state index contributed by atoms with van der Waals surface area (Å²) in [5.41, 5.74) is 2.12. The average Bonchev–Trinajstić information content (AvgIpc) is 2.68. The van der Waals surface area contributed by atoms with E-state index in [0.29, 0.717) is 0 Å². The van der Waals surface area contributed by atoms with Crippen LogP contribution in [0, 0.1) is 13.8 Å². The molecule has 0 aliphatic heterocycles. The molecule has 2 heterocycles. The Labute approximate surface area is 94.5 Å². The van der Waals surface area contributed by atoms with E-state index in [1.54, 1.807) is 11.0 Å². The predicted octanol–water partition coefficient (Wildman–Crippen LogP) is 1.71. The van der Waals surface area contributed by atoms with Crippen molar-refractivity contribution in [3.05, 3.63) is 29.8 Å². The maximum absolute atomic E-state index is 4.25. The van der Waals surface area contributed by atoms with Crippen molar-refractivity contribution in [2.24, 2.45) is 0 Å². The average molecular weight is 217 g/mol. The number of hydrogen-bond acceptors (Lipinski definition) is 4. The Morgan fingerprint density at radius 2 is 2.12 bits per heavy atom. The first-order valence-corrected chi connectivity index (χ1v) is 5.29. The van der Waals surface area contributed by atoms with Crippen LogP contribution in [0.15, 0.2) is 18.7 Å². The molecule has 0 saturated heterocycles. The summed E-state index contributed by atoms with van der Waals surface area (Å²) in [7, 11) is 0. The molecule has 0 atom stereocenters. The van der Waals surface area contributed by atoms with Crippen LogP contribution in [-0.4, -0.2) is 26.3 Å². The molecular weight excluding hydrogens is 202 g/mol. The minimum Gasteiger partial charge on any atom is -0.370 e. The van der Waals surface area contributed by atoms with Gasteiger partial charge in [-0.1, -0.05) is 0 Å². The number of nitrogens with one attached hydrogen (secondary N) is 1. The summed E-state index contributed by atoms with van der Waals surface area (Å²) in [5, 5.41) is 7.45. The standard InChI is InChI=1S/C11H15N5/c1-4-12-10-9(3)11(14-7-13-10)16-6-8(2)5-15-16/h5-7H,4H2,1-3H3,(H,12,13,14). The summed E-state index contributed by atoms with van der Waals surface area (Å²) in [4.78, 5) is 8.45. The minimum absolute atomic E-state index is 0.819. The number of nitrogens with zero attached hydrogens (tertiary/aromatic N) is 4. The molecule has 0 aliphatic carbocycles. The van der Waals surface area contributed by atoms with Gasteiger partial charge in [-0.15, -0.1) is 0 Å². The summed E-state index contributed by atoms with van der Waals surface area (Å²) >= 11 is 0. The number of aromatic nitrogens is 4. The van der Waals surface area contributed by atoms with Crippen LogP contribution in [0.1, 0.15) is 18.1 Å². The molecule has 0 aromatic carbocycles. The molecule has 0 radical (unpaired) electrons. The zero-order valence-corrected chi connectivity index (χ0v) is 9.73. The van der Waals surface area contributed by atoms with E-state index in [4.69, 9.17) is 0 Å². The first-order chi connectivity index (χ1) is 7.72. The Morgan fingerprint density at radius 3 is 2.75 bits per heavy atom. The van der Waals surface area contributed by atoms with Crippen molar-refractivity contribution < 1.29 is 0 Å². The molecule has 5 nitrogen and oxygen atoms in total. The topological polar surface area (TPSA) is 55.6 Å². The highest BCUT2D eigenvalue weighted by atomic mass is 15.3. The van der Waals surface area contributed by atoms with Gasteiger partial charge in [0, 0.05) is 18.3 Å². The zero-order chi connectivity index (χ0) is 11.5. The Balaban J connectivity index is 2.45. The van der Waals surface area contributed by atoms with E-state index in [1.807, 2.05) is 33.2 Å². The van der Waals surface area contributed by atoms with Gasteiger partial charge in [-0.05, 0) is 26.3 Å². The molecule has 0 unspecified atom stereocenters. The Kier molecular flexibility index (Phi) is 2.85. The van der Waals surface area contributed by atoms with Gasteiger partial charge < -0.3 is 5.32 Å². The van der Waals surface area contributed by atoms with Gasteiger partial charge >= 0.3 is 0 Å². The third-order valence-electron chi connectivity index (χ3n) is 2.33. The number of anilines is 1. The van der Waals surface area contributed by atoms with Gasteiger partial charge in [0.25, 0.3) is 0 Å². The second-order valence-corrected chi connectivity index (χ2v) is 3.66. The molecular formula is C11H15N5. The highest BCUT2D eigenvalue weighted by Crippen LogP contribution is 2.16.